The number of aryl methyl sites for hydroxylation is 3. The van der Waals surface area contributed by atoms with E-state index in [1.807, 2.05) is 69.3 Å². The van der Waals surface area contributed by atoms with E-state index in [1.165, 1.54) is 4.31 Å². The predicted molar refractivity (Wildman–Crippen MR) is 106 cm³/mol. The zero-order chi connectivity index (χ0) is 19.2. The topological polar surface area (TPSA) is 59.5 Å². The molecule has 140 valence electrons. The highest BCUT2D eigenvalue weighted by Crippen LogP contribution is 2.29. The maximum atomic E-state index is 13.0. The Labute approximate surface area is 159 Å². The summed E-state index contributed by atoms with van der Waals surface area (Å²) in [6.45, 7) is 6.34. The lowest BCUT2D eigenvalue weighted by molar-refractivity contribution is 0.0723. The van der Waals surface area contributed by atoms with Crippen molar-refractivity contribution in [2.75, 3.05) is 13.1 Å². The molecule has 1 aliphatic rings. The van der Waals surface area contributed by atoms with Gasteiger partial charge in [-0.25, -0.2) is 13.4 Å². The van der Waals surface area contributed by atoms with E-state index in [0.717, 1.165) is 27.6 Å². The number of sulfonamides is 1. The van der Waals surface area contributed by atoms with Crippen molar-refractivity contribution in [3.05, 3.63) is 65.2 Å². The molecule has 2 heterocycles. The number of aromatic nitrogens is 1. The molecule has 27 heavy (non-hydrogen) atoms. The van der Waals surface area contributed by atoms with Crippen LogP contribution < -0.4 is 4.74 Å². The Morgan fingerprint density at radius 3 is 2.37 bits per heavy atom. The molecule has 2 aromatic carbocycles. The monoisotopic (exact) mass is 382 g/mol. The van der Waals surface area contributed by atoms with E-state index in [-0.39, 0.29) is 6.10 Å². The van der Waals surface area contributed by atoms with E-state index in [1.54, 1.807) is 0 Å². The van der Waals surface area contributed by atoms with Crippen molar-refractivity contribution >= 4 is 20.9 Å². The maximum absolute atomic E-state index is 13.0. The molecule has 0 unspecified atom stereocenters. The maximum Gasteiger partial charge on any atom is 0.243 e. The van der Waals surface area contributed by atoms with Crippen LogP contribution in [0.5, 0.6) is 5.88 Å². The van der Waals surface area contributed by atoms with Crippen molar-refractivity contribution in [2.45, 2.75) is 31.8 Å². The third-order valence-corrected chi connectivity index (χ3v) is 7.02. The van der Waals surface area contributed by atoms with E-state index in [9.17, 15) is 8.42 Å². The predicted octanol–water partition coefficient (Wildman–Crippen LogP) is 3.61. The Balaban J connectivity index is 1.48. The summed E-state index contributed by atoms with van der Waals surface area (Å²) in [7, 11) is -3.51. The van der Waals surface area contributed by atoms with E-state index in [0.29, 0.717) is 23.9 Å². The molecule has 3 aromatic rings. The number of rotatable bonds is 4. The van der Waals surface area contributed by atoms with Crippen LogP contribution in [0.1, 0.15) is 16.7 Å². The number of pyridine rings is 1. The summed E-state index contributed by atoms with van der Waals surface area (Å²) in [5.41, 5.74) is 3.50. The summed E-state index contributed by atoms with van der Waals surface area (Å²) in [6.07, 6.45) is -0.181. The van der Waals surface area contributed by atoms with Gasteiger partial charge in [-0.05, 0) is 44.0 Å². The number of ether oxygens (including phenoxy) is 1. The zero-order valence-electron chi connectivity index (χ0n) is 15.6. The highest BCUT2D eigenvalue weighted by molar-refractivity contribution is 7.89. The van der Waals surface area contributed by atoms with Gasteiger partial charge in [0.2, 0.25) is 15.9 Å². The Morgan fingerprint density at radius 2 is 1.67 bits per heavy atom. The van der Waals surface area contributed by atoms with Crippen LogP contribution >= 0.6 is 0 Å². The quantitative estimate of drug-likeness (QED) is 0.692. The fraction of sp³-hybridized carbons (Fsp3) is 0.286. The SMILES string of the molecule is Cc1cc(C)c(S(=O)(=O)N2CC(Oc3ccc4ccccc4n3)C2)c(C)c1. The Bertz CT molecular complexity index is 1100. The molecule has 1 aliphatic heterocycles. The zero-order valence-corrected chi connectivity index (χ0v) is 16.5. The molecule has 0 amide bonds. The first-order valence-corrected chi connectivity index (χ1v) is 10.4. The Morgan fingerprint density at radius 1 is 1.00 bits per heavy atom. The summed E-state index contributed by atoms with van der Waals surface area (Å²) in [6, 6.07) is 15.4. The molecular formula is C21H22N2O3S. The van der Waals surface area contributed by atoms with Crippen LogP contribution in [-0.4, -0.2) is 36.9 Å². The van der Waals surface area contributed by atoms with Gasteiger partial charge in [-0.3, -0.25) is 0 Å². The third-order valence-electron chi connectivity index (χ3n) is 4.88. The molecule has 6 heteroatoms. The third kappa shape index (κ3) is 3.31. The second-order valence-corrected chi connectivity index (χ2v) is 9.01. The molecule has 5 nitrogen and oxygen atoms in total. The molecular weight excluding hydrogens is 360 g/mol. The number of para-hydroxylation sites is 1. The first kappa shape index (κ1) is 17.9. The van der Waals surface area contributed by atoms with Gasteiger partial charge < -0.3 is 4.74 Å². The average Bonchev–Trinajstić information content (AvgIpc) is 2.56. The summed E-state index contributed by atoms with van der Waals surface area (Å²) in [4.78, 5) is 4.90. The second kappa shape index (κ2) is 6.62. The van der Waals surface area contributed by atoms with Crippen molar-refractivity contribution in [2.24, 2.45) is 0 Å². The van der Waals surface area contributed by atoms with E-state index in [4.69, 9.17) is 4.74 Å². The largest absolute Gasteiger partial charge is 0.472 e. The number of benzene rings is 2. The van der Waals surface area contributed by atoms with Crippen molar-refractivity contribution in [1.82, 2.24) is 9.29 Å². The minimum absolute atomic E-state index is 0.181. The molecule has 0 atom stereocenters. The first-order valence-electron chi connectivity index (χ1n) is 8.95. The lowest BCUT2D eigenvalue weighted by Crippen LogP contribution is -2.56. The lowest BCUT2D eigenvalue weighted by Gasteiger charge is -2.38. The van der Waals surface area contributed by atoms with Crippen molar-refractivity contribution in [1.29, 1.82) is 0 Å². The van der Waals surface area contributed by atoms with Crippen LogP contribution in [0.15, 0.2) is 53.4 Å². The summed E-state index contributed by atoms with van der Waals surface area (Å²) >= 11 is 0. The van der Waals surface area contributed by atoms with Gasteiger partial charge in [-0.1, -0.05) is 35.9 Å². The number of hydrogen-bond donors (Lipinski definition) is 0. The van der Waals surface area contributed by atoms with Gasteiger partial charge >= 0.3 is 0 Å². The van der Waals surface area contributed by atoms with E-state index < -0.39 is 10.0 Å². The van der Waals surface area contributed by atoms with Crippen LogP contribution in [0, 0.1) is 20.8 Å². The van der Waals surface area contributed by atoms with Crippen LogP contribution in [0.25, 0.3) is 10.9 Å². The van der Waals surface area contributed by atoms with Crippen molar-refractivity contribution < 1.29 is 13.2 Å². The summed E-state index contributed by atoms with van der Waals surface area (Å²) < 4.78 is 33.3. The van der Waals surface area contributed by atoms with Crippen molar-refractivity contribution in [3.8, 4) is 5.88 Å². The normalized spacial score (nSPS) is 15.7. The van der Waals surface area contributed by atoms with Crippen molar-refractivity contribution in [3.63, 3.8) is 0 Å². The molecule has 0 bridgehead atoms. The molecule has 1 saturated heterocycles. The van der Waals surface area contributed by atoms with Gasteiger partial charge in [0.05, 0.1) is 23.5 Å². The van der Waals surface area contributed by atoms with Gasteiger partial charge in [0.25, 0.3) is 0 Å². The fourth-order valence-corrected chi connectivity index (χ4v) is 5.57. The molecule has 0 radical (unpaired) electrons. The average molecular weight is 382 g/mol. The standard InChI is InChI=1S/C21H22N2O3S/c1-14-10-15(2)21(16(3)11-14)27(24,25)23-12-18(13-23)26-20-9-8-17-6-4-5-7-19(17)22-20/h4-11,18H,12-13H2,1-3H3. The summed E-state index contributed by atoms with van der Waals surface area (Å²) in [5, 5.41) is 1.05. The molecule has 0 saturated carbocycles. The molecule has 1 aromatic heterocycles. The van der Waals surface area contributed by atoms with Gasteiger partial charge in [0.15, 0.2) is 0 Å². The molecule has 0 spiro atoms. The summed E-state index contributed by atoms with van der Waals surface area (Å²) in [5.74, 6) is 0.526. The second-order valence-electron chi connectivity index (χ2n) is 7.13. The van der Waals surface area contributed by atoms with Gasteiger partial charge in [0.1, 0.15) is 6.10 Å². The fourth-order valence-electron chi connectivity index (χ4n) is 3.66. The van der Waals surface area contributed by atoms with Crippen LogP contribution in [0.3, 0.4) is 0 Å². The smallest absolute Gasteiger partial charge is 0.243 e. The van der Waals surface area contributed by atoms with Gasteiger partial charge in [-0.2, -0.15) is 4.31 Å². The number of nitrogens with zero attached hydrogens (tertiary/aromatic N) is 2. The first-order chi connectivity index (χ1) is 12.8. The minimum Gasteiger partial charge on any atom is -0.472 e. The number of hydrogen-bond acceptors (Lipinski definition) is 4. The van der Waals surface area contributed by atoms with Crippen LogP contribution in [0.2, 0.25) is 0 Å². The Hall–Kier alpha value is -2.44. The minimum atomic E-state index is -3.51. The van der Waals surface area contributed by atoms with Gasteiger partial charge in [-0.15, -0.1) is 0 Å². The molecule has 1 fully saturated rings. The van der Waals surface area contributed by atoms with E-state index in [2.05, 4.69) is 4.98 Å². The lowest BCUT2D eigenvalue weighted by atomic mass is 10.1. The van der Waals surface area contributed by atoms with E-state index >= 15 is 0 Å². The van der Waals surface area contributed by atoms with Crippen LogP contribution in [0.4, 0.5) is 0 Å². The molecule has 0 N–H and O–H groups in total. The Kier molecular flexibility index (Phi) is 4.40. The highest BCUT2D eigenvalue weighted by Gasteiger charge is 2.39. The molecule has 4 rings (SSSR count). The molecule has 0 aliphatic carbocycles. The van der Waals surface area contributed by atoms with Crippen LogP contribution in [-0.2, 0) is 10.0 Å². The highest BCUT2D eigenvalue weighted by atomic mass is 32.2. The van der Waals surface area contributed by atoms with Gasteiger partial charge in [0, 0.05) is 11.5 Å². The number of fused-ring (bicyclic) bond motifs is 1.